The summed E-state index contributed by atoms with van der Waals surface area (Å²) in [6.07, 6.45) is 2.35. The summed E-state index contributed by atoms with van der Waals surface area (Å²) in [4.78, 5) is 6.59. The van der Waals surface area contributed by atoms with Crippen LogP contribution in [-0.2, 0) is 6.42 Å². The third kappa shape index (κ3) is 4.96. The summed E-state index contributed by atoms with van der Waals surface area (Å²) < 4.78 is 0. The zero-order valence-corrected chi connectivity index (χ0v) is 12.8. The Morgan fingerprint density at radius 3 is 2.48 bits per heavy atom. The van der Waals surface area contributed by atoms with Gasteiger partial charge in [-0.3, -0.25) is 4.98 Å². The van der Waals surface area contributed by atoms with Crippen LogP contribution >= 0.6 is 0 Å². The highest BCUT2D eigenvalue weighted by Crippen LogP contribution is 2.21. The largest absolute Gasteiger partial charge is 0.388 e. The Kier molecular flexibility index (Phi) is 5.90. The van der Waals surface area contributed by atoms with Crippen molar-refractivity contribution >= 4 is 0 Å². The topological polar surface area (TPSA) is 36.4 Å². The Bertz CT molecular complexity index is 515. The summed E-state index contributed by atoms with van der Waals surface area (Å²) in [6.45, 7) is 3.90. The molecular formula is C18H24N2O. The summed E-state index contributed by atoms with van der Waals surface area (Å²) in [7, 11) is 2.09. The van der Waals surface area contributed by atoms with Gasteiger partial charge in [0.15, 0.2) is 0 Å². The zero-order chi connectivity index (χ0) is 15.1. The lowest BCUT2D eigenvalue weighted by molar-refractivity contribution is 0.0951. The number of nitrogens with zero attached hydrogens (tertiary/aromatic N) is 2. The van der Waals surface area contributed by atoms with E-state index in [4.69, 9.17) is 0 Å². The number of rotatable bonds is 7. The summed E-state index contributed by atoms with van der Waals surface area (Å²) >= 11 is 0. The van der Waals surface area contributed by atoms with E-state index in [-0.39, 0.29) is 5.92 Å². The van der Waals surface area contributed by atoms with Gasteiger partial charge in [-0.05, 0) is 30.7 Å². The smallest absolute Gasteiger partial charge is 0.0827 e. The molecule has 0 amide bonds. The lowest BCUT2D eigenvalue weighted by atomic mass is 9.97. The third-order valence-corrected chi connectivity index (χ3v) is 3.76. The van der Waals surface area contributed by atoms with E-state index in [0.717, 1.165) is 30.8 Å². The predicted molar refractivity (Wildman–Crippen MR) is 86.0 cm³/mol. The molecule has 21 heavy (non-hydrogen) atoms. The first kappa shape index (κ1) is 15.7. The number of pyridine rings is 1. The fourth-order valence-electron chi connectivity index (χ4n) is 2.51. The highest BCUT2D eigenvalue weighted by Gasteiger charge is 2.17. The van der Waals surface area contributed by atoms with Crippen LogP contribution in [0, 0.1) is 5.92 Å². The number of hydrogen-bond acceptors (Lipinski definition) is 3. The molecule has 3 nitrogen and oxygen atoms in total. The first-order chi connectivity index (χ1) is 10.2. The lowest BCUT2D eigenvalue weighted by Gasteiger charge is -2.25. The Morgan fingerprint density at radius 1 is 1.10 bits per heavy atom. The third-order valence-electron chi connectivity index (χ3n) is 3.76. The van der Waals surface area contributed by atoms with E-state index in [0.29, 0.717) is 0 Å². The summed E-state index contributed by atoms with van der Waals surface area (Å²) in [6, 6.07) is 15.9. The van der Waals surface area contributed by atoms with Gasteiger partial charge < -0.3 is 10.0 Å². The molecule has 1 aromatic carbocycles. The number of benzene rings is 1. The van der Waals surface area contributed by atoms with Crippen molar-refractivity contribution in [2.75, 3.05) is 20.1 Å². The maximum Gasteiger partial charge on any atom is 0.0827 e. The number of aliphatic hydroxyl groups excluding tert-OH is 1. The average molecular weight is 284 g/mol. The van der Waals surface area contributed by atoms with Gasteiger partial charge in [-0.2, -0.15) is 0 Å². The Balaban J connectivity index is 1.80. The van der Waals surface area contributed by atoms with Crippen molar-refractivity contribution in [3.8, 4) is 0 Å². The van der Waals surface area contributed by atoms with Crippen LogP contribution in [0.25, 0.3) is 0 Å². The van der Waals surface area contributed by atoms with Gasteiger partial charge in [-0.15, -0.1) is 0 Å². The molecule has 0 aliphatic heterocycles. The van der Waals surface area contributed by atoms with E-state index >= 15 is 0 Å². The van der Waals surface area contributed by atoms with Crippen molar-refractivity contribution in [2.45, 2.75) is 19.4 Å². The van der Waals surface area contributed by atoms with Crippen LogP contribution in [0.15, 0.2) is 54.7 Å². The molecule has 1 heterocycles. The van der Waals surface area contributed by atoms with E-state index in [1.807, 2.05) is 48.7 Å². The minimum Gasteiger partial charge on any atom is -0.388 e. The Morgan fingerprint density at radius 2 is 1.81 bits per heavy atom. The molecule has 0 fully saturated rings. The summed E-state index contributed by atoms with van der Waals surface area (Å²) in [5, 5.41) is 10.4. The van der Waals surface area contributed by atoms with Crippen molar-refractivity contribution in [3.63, 3.8) is 0 Å². The molecule has 1 aromatic heterocycles. The normalized spacial score (nSPS) is 14.1. The van der Waals surface area contributed by atoms with E-state index in [9.17, 15) is 5.11 Å². The van der Waals surface area contributed by atoms with Gasteiger partial charge >= 0.3 is 0 Å². The molecule has 1 N–H and O–H groups in total. The van der Waals surface area contributed by atoms with Crippen LogP contribution in [0.2, 0.25) is 0 Å². The molecule has 0 saturated carbocycles. The fraction of sp³-hybridized carbons (Fsp3) is 0.389. The highest BCUT2D eigenvalue weighted by molar-refractivity contribution is 5.17. The number of likely N-dealkylation sites (N-methyl/N-ethyl adjacent to an activating group) is 1. The first-order valence-electron chi connectivity index (χ1n) is 7.48. The zero-order valence-electron chi connectivity index (χ0n) is 12.8. The molecular weight excluding hydrogens is 260 g/mol. The van der Waals surface area contributed by atoms with Gasteiger partial charge in [-0.25, -0.2) is 0 Å². The van der Waals surface area contributed by atoms with Crippen molar-refractivity contribution in [1.82, 2.24) is 9.88 Å². The standard InChI is InChI=1S/C18H24N2O/c1-15(18(21)16-8-4-3-5-9-16)14-20(2)13-11-17-10-6-7-12-19-17/h3-10,12,15,18,21H,11,13-14H2,1-2H3. The van der Waals surface area contributed by atoms with E-state index in [2.05, 4.69) is 29.9 Å². The molecule has 2 atom stereocenters. The van der Waals surface area contributed by atoms with Crippen molar-refractivity contribution < 1.29 is 5.11 Å². The Labute approximate surface area is 127 Å². The van der Waals surface area contributed by atoms with Crippen molar-refractivity contribution in [1.29, 1.82) is 0 Å². The predicted octanol–water partition coefficient (Wildman–Crippen LogP) is 2.93. The van der Waals surface area contributed by atoms with Crippen LogP contribution in [0.5, 0.6) is 0 Å². The molecule has 0 spiro atoms. The SMILES string of the molecule is CC(CN(C)CCc1ccccn1)C(O)c1ccccc1. The second-order valence-electron chi connectivity index (χ2n) is 5.67. The molecule has 0 aliphatic rings. The van der Waals surface area contributed by atoms with Crippen LogP contribution < -0.4 is 0 Å². The molecule has 2 rings (SSSR count). The molecule has 2 unspecified atom stereocenters. The van der Waals surface area contributed by atoms with Gasteiger partial charge in [0.05, 0.1) is 6.10 Å². The number of hydrogen-bond donors (Lipinski definition) is 1. The van der Waals surface area contributed by atoms with Gasteiger partial charge in [0, 0.05) is 31.4 Å². The molecule has 0 aliphatic carbocycles. The van der Waals surface area contributed by atoms with Gasteiger partial charge in [0.1, 0.15) is 0 Å². The lowest BCUT2D eigenvalue weighted by Crippen LogP contribution is -2.29. The monoisotopic (exact) mass is 284 g/mol. The molecule has 0 bridgehead atoms. The molecule has 0 saturated heterocycles. The first-order valence-corrected chi connectivity index (χ1v) is 7.48. The van der Waals surface area contributed by atoms with Gasteiger partial charge in [-0.1, -0.05) is 43.3 Å². The van der Waals surface area contributed by atoms with Crippen LogP contribution in [0.1, 0.15) is 24.3 Å². The maximum absolute atomic E-state index is 10.4. The summed E-state index contributed by atoms with van der Waals surface area (Å²) in [5.41, 5.74) is 2.10. The van der Waals surface area contributed by atoms with Crippen LogP contribution in [0.4, 0.5) is 0 Å². The minimum atomic E-state index is -0.413. The summed E-state index contributed by atoms with van der Waals surface area (Å²) in [5.74, 6) is 0.195. The highest BCUT2D eigenvalue weighted by atomic mass is 16.3. The fourth-order valence-corrected chi connectivity index (χ4v) is 2.51. The van der Waals surface area contributed by atoms with Gasteiger partial charge in [0.25, 0.3) is 0 Å². The molecule has 0 radical (unpaired) electrons. The minimum absolute atomic E-state index is 0.195. The Hall–Kier alpha value is -1.71. The second-order valence-corrected chi connectivity index (χ2v) is 5.67. The van der Waals surface area contributed by atoms with Gasteiger partial charge in [0.2, 0.25) is 0 Å². The molecule has 112 valence electrons. The van der Waals surface area contributed by atoms with E-state index in [1.54, 1.807) is 0 Å². The number of aliphatic hydroxyl groups is 1. The average Bonchev–Trinajstić information content (AvgIpc) is 2.54. The molecule has 3 heteroatoms. The quantitative estimate of drug-likeness (QED) is 0.849. The van der Waals surface area contributed by atoms with Crippen molar-refractivity contribution in [3.05, 3.63) is 66.0 Å². The van der Waals surface area contributed by atoms with E-state index in [1.165, 1.54) is 0 Å². The van der Waals surface area contributed by atoms with Crippen LogP contribution in [0.3, 0.4) is 0 Å². The maximum atomic E-state index is 10.4. The van der Waals surface area contributed by atoms with E-state index < -0.39 is 6.10 Å². The molecule has 2 aromatic rings. The van der Waals surface area contributed by atoms with Crippen molar-refractivity contribution in [2.24, 2.45) is 5.92 Å². The van der Waals surface area contributed by atoms with Crippen LogP contribution in [-0.4, -0.2) is 35.1 Å². The number of aromatic nitrogens is 1. The second kappa shape index (κ2) is 7.91.